The highest BCUT2D eigenvalue weighted by Gasteiger charge is 2.33. The molecule has 0 bridgehead atoms. The lowest BCUT2D eigenvalue weighted by molar-refractivity contribution is -0.149. The van der Waals surface area contributed by atoms with E-state index in [9.17, 15) is 9.59 Å². The number of rotatable bonds is 5. The van der Waals surface area contributed by atoms with Gasteiger partial charge in [0.15, 0.2) is 0 Å². The number of aliphatic carboxylic acids is 1. The van der Waals surface area contributed by atoms with Gasteiger partial charge >= 0.3 is 5.97 Å². The summed E-state index contributed by atoms with van der Waals surface area (Å²) >= 11 is 0. The summed E-state index contributed by atoms with van der Waals surface area (Å²) in [6.45, 7) is 0.987. The van der Waals surface area contributed by atoms with Gasteiger partial charge < -0.3 is 14.7 Å². The van der Waals surface area contributed by atoms with Gasteiger partial charge in [-0.25, -0.2) is 0 Å². The molecule has 0 unspecified atom stereocenters. The summed E-state index contributed by atoms with van der Waals surface area (Å²) in [6.07, 6.45) is 3.42. The standard InChI is InChI=1S/C11H17NO4/c13-10(14)7-12(6-8-3-4-8)11(15)9-2-1-5-16-9/h8-9H,1-7H2,(H,13,14)/t9-/m1/s1. The van der Waals surface area contributed by atoms with Crippen LogP contribution in [0, 0.1) is 5.92 Å². The molecule has 1 saturated carbocycles. The molecule has 2 rings (SSSR count). The molecule has 2 aliphatic rings. The highest BCUT2D eigenvalue weighted by molar-refractivity contribution is 5.84. The van der Waals surface area contributed by atoms with Crippen LogP contribution >= 0.6 is 0 Å². The van der Waals surface area contributed by atoms with Crippen LogP contribution in [0.15, 0.2) is 0 Å². The van der Waals surface area contributed by atoms with Gasteiger partial charge in [0.05, 0.1) is 0 Å². The zero-order valence-corrected chi connectivity index (χ0v) is 9.22. The first-order valence-electron chi connectivity index (χ1n) is 5.79. The fourth-order valence-corrected chi connectivity index (χ4v) is 1.98. The first-order valence-corrected chi connectivity index (χ1v) is 5.79. The maximum Gasteiger partial charge on any atom is 0.323 e. The number of nitrogens with zero attached hydrogens (tertiary/aromatic N) is 1. The summed E-state index contributed by atoms with van der Waals surface area (Å²) < 4.78 is 5.30. The highest BCUT2D eigenvalue weighted by atomic mass is 16.5. The third-order valence-electron chi connectivity index (χ3n) is 3.02. The van der Waals surface area contributed by atoms with Crippen LogP contribution in [0.1, 0.15) is 25.7 Å². The van der Waals surface area contributed by atoms with Gasteiger partial charge in [0.25, 0.3) is 5.91 Å². The van der Waals surface area contributed by atoms with Crippen molar-refractivity contribution in [1.29, 1.82) is 0 Å². The molecule has 1 aliphatic heterocycles. The Morgan fingerprint density at radius 3 is 2.56 bits per heavy atom. The molecular weight excluding hydrogens is 210 g/mol. The van der Waals surface area contributed by atoms with Crippen LogP contribution in [-0.4, -0.2) is 47.7 Å². The van der Waals surface area contributed by atoms with Crippen molar-refractivity contribution in [3.63, 3.8) is 0 Å². The summed E-state index contributed by atoms with van der Waals surface area (Å²) in [5.41, 5.74) is 0. The molecular formula is C11H17NO4. The van der Waals surface area contributed by atoms with Crippen molar-refractivity contribution in [3.05, 3.63) is 0 Å². The third-order valence-corrected chi connectivity index (χ3v) is 3.02. The van der Waals surface area contributed by atoms with Gasteiger partial charge in [0.2, 0.25) is 0 Å². The van der Waals surface area contributed by atoms with E-state index in [4.69, 9.17) is 9.84 Å². The van der Waals surface area contributed by atoms with Crippen molar-refractivity contribution >= 4 is 11.9 Å². The molecule has 0 aromatic rings. The lowest BCUT2D eigenvalue weighted by atomic mass is 10.2. The Morgan fingerprint density at radius 1 is 1.31 bits per heavy atom. The molecule has 16 heavy (non-hydrogen) atoms. The number of carbonyl (C=O) groups excluding carboxylic acids is 1. The third kappa shape index (κ3) is 2.95. The normalized spacial score (nSPS) is 24.4. The van der Waals surface area contributed by atoms with Crippen molar-refractivity contribution in [2.45, 2.75) is 31.8 Å². The largest absolute Gasteiger partial charge is 0.480 e. The summed E-state index contributed by atoms with van der Waals surface area (Å²) in [7, 11) is 0. The van der Waals surface area contributed by atoms with Crippen LogP contribution in [0.25, 0.3) is 0 Å². The number of carboxylic acid groups (broad SMARTS) is 1. The molecule has 0 aromatic carbocycles. The Balaban J connectivity index is 1.92. The smallest absolute Gasteiger partial charge is 0.323 e. The summed E-state index contributed by atoms with van der Waals surface area (Å²) in [5.74, 6) is -0.594. The van der Waals surface area contributed by atoms with E-state index in [-0.39, 0.29) is 12.5 Å². The van der Waals surface area contributed by atoms with Crippen LogP contribution in [0.2, 0.25) is 0 Å². The van der Waals surface area contributed by atoms with E-state index in [2.05, 4.69) is 0 Å². The van der Waals surface area contributed by atoms with Gasteiger partial charge in [0.1, 0.15) is 12.6 Å². The second-order valence-electron chi connectivity index (χ2n) is 4.56. The van der Waals surface area contributed by atoms with E-state index in [1.165, 1.54) is 4.90 Å². The van der Waals surface area contributed by atoms with Crippen molar-refractivity contribution < 1.29 is 19.4 Å². The number of hydrogen-bond donors (Lipinski definition) is 1. The fourth-order valence-electron chi connectivity index (χ4n) is 1.98. The second kappa shape index (κ2) is 4.82. The number of carbonyl (C=O) groups is 2. The summed E-state index contributed by atoms with van der Waals surface area (Å²) in [5, 5.41) is 8.77. The molecule has 2 fully saturated rings. The Bertz CT molecular complexity index is 282. The van der Waals surface area contributed by atoms with Crippen molar-refractivity contribution in [3.8, 4) is 0 Å². The predicted octanol–water partition coefficient (Wildman–Crippen LogP) is 0.489. The number of ether oxygens (including phenoxy) is 1. The van der Waals surface area contributed by atoms with E-state index < -0.39 is 12.1 Å². The molecule has 0 spiro atoms. The topological polar surface area (TPSA) is 66.8 Å². The van der Waals surface area contributed by atoms with E-state index >= 15 is 0 Å². The molecule has 0 aromatic heterocycles. The van der Waals surface area contributed by atoms with E-state index in [1.54, 1.807) is 0 Å². The van der Waals surface area contributed by atoms with Gasteiger partial charge in [-0.15, -0.1) is 0 Å². The minimum absolute atomic E-state index is 0.146. The lowest BCUT2D eigenvalue weighted by Crippen LogP contribution is -2.43. The number of hydrogen-bond acceptors (Lipinski definition) is 3. The molecule has 1 N–H and O–H groups in total. The van der Waals surface area contributed by atoms with Crippen LogP contribution < -0.4 is 0 Å². The Kier molecular flexibility index (Phi) is 3.43. The zero-order valence-electron chi connectivity index (χ0n) is 9.22. The van der Waals surface area contributed by atoms with Crippen molar-refractivity contribution in [2.75, 3.05) is 19.7 Å². The van der Waals surface area contributed by atoms with Gasteiger partial charge in [-0.05, 0) is 31.6 Å². The molecule has 1 amide bonds. The molecule has 5 heteroatoms. The molecule has 1 heterocycles. The van der Waals surface area contributed by atoms with E-state index in [1.807, 2.05) is 0 Å². The fraction of sp³-hybridized carbons (Fsp3) is 0.818. The van der Waals surface area contributed by atoms with Gasteiger partial charge in [-0.3, -0.25) is 9.59 Å². The number of carboxylic acids is 1. The van der Waals surface area contributed by atoms with Crippen LogP contribution in [0.5, 0.6) is 0 Å². The average Bonchev–Trinajstić information content (AvgIpc) is 2.88. The highest BCUT2D eigenvalue weighted by Crippen LogP contribution is 2.30. The first-order chi connectivity index (χ1) is 7.66. The Hall–Kier alpha value is -1.10. The SMILES string of the molecule is O=C(O)CN(CC1CC1)C(=O)[C@H]1CCCO1. The maximum atomic E-state index is 12.0. The lowest BCUT2D eigenvalue weighted by Gasteiger charge is -2.23. The molecule has 5 nitrogen and oxygen atoms in total. The molecule has 0 radical (unpaired) electrons. The van der Waals surface area contributed by atoms with Gasteiger partial charge in [-0.2, -0.15) is 0 Å². The van der Waals surface area contributed by atoms with Gasteiger partial charge in [-0.1, -0.05) is 0 Å². The van der Waals surface area contributed by atoms with Crippen LogP contribution in [-0.2, 0) is 14.3 Å². The maximum absolute atomic E-state index is 12.0. The number of amides is 1. The zero-order chi connectivity index (χ0) is 11.5. The molecule has 90 valence electrons. The predicted molar refractivity (Wildman–Crippen MR) is 55.9 cm³/mol. The van der Waals surface area contributed by atoms with Crippen molar-refractivity contribution in [1.82, 2.24) is 4.90 Å². The first kappa shape index (κ1) is 11.4. The minimum Gasteiger partial charge on any atom is -0.480 e. The molecule has 1 aliphatic carbocycles. The van der Waals surface area contributed by atoms with Crippen LogP contribution in [0.3, 0.4) is 0 Å². The molecule has 1 saturated heterocycles. The average molecular weight is 227 g/mol. The Labute approximate surface area is 94.4 Å². The minimum atomic E-state index is -0.952. The Morgan fingerprint density at radius 2 is 2.06 bits per heavy atom. The van der Waals surface area contributed by atoms with E-state index in [0.717, 1.165) is 25.7 Å². The summed E-state index contributed by atoms with van der Waals surface area (Å²) in [6, 6.07) is 0. The monoisotopic (exact) mass is 227 g/mol. The second-order valence-corrected chi connectivity index (χ2v) is 4.56. The quantitative estimate of drug-likeness (QED) is 0.742. The van der Waals surface area contributed by atoms with Crippen molar-refractivity contribution in [2.24, 2.45) is 5.92 Å². The van der Waals surface area contributed by atoms with E-state index in [0.29, 0.717) is 19.1 Å². The molecule has 1 atom stereocenters. The van der Waals surface area contributed by atoms with Gasteiger partial charge in [0, 0.05) is 13.2 Å². The van der Waals surface area contributed by atoms with Crippen LogP contribution in [0.4, 0.5) is 0 Å². The summed E-state index contributed by atoms with van der Waals surface area (Å²) in [4.78, 5) is 24.1.